The fourth-order valence-corrected chi connectivity index (χ4v) is 3.54. The van der Waals surface area contributed by atoms with Crippen LogP contribution in [0.4, 0.5) is 18.9 Å². The normalized spacial score (nSPS) is 13.2. The summed E-state index contributed by atoms with van der Waals surface area (Å²) in [5.41, 5.74) is 6.51. The van der Waals surface area contributed by atoms with E-state index >= 15 is 0 Å². The van der Waals surface area contributed by atoms with Gasteiger partial charge in [0.1, 0.15) is 5.69 Å². The lowest BCUT2D eigenvalue weighted by Gasteiger charge is -2.26. The Morgan fingerprint density at radius 3 is 2.47 bits per heavy atom. The van der Waals surface area contributed by atoms with Gasteiger partial charge in [-0.3, -0.25) is 4.79 Å². The molecule has 0 unspecified atom stereocenters. The molecular weight excluding hydrogens is 451 g/mol. The van der Waals surface area contributed by atoms with Crippen LogP contribution in [0.2, 0.25) is 0 Å². The molecule has 0 bridgehead atoms. The number of carbonyl (C=O) groups excluding carboxylic acids is 1. The van der Waals surface area contributed by atoms with Gasteiger partial charge in [-0.25, -0.2) is 4.79 Å². The second-order valence-corrected chi connectivity index (χ2v) is 7.77. The van der Waals surface area contributed by atoms with E-state index in [4.69, 9.17) is 14.4 Å². The first kappa shape index (κ1) is 25.0. The maximum atomic E-state index is 11.8. The molecule has 0 saturated carbocycles. The van der Waals surface area contributed by atoms with Gasteiger partial charge in [-0.2, -0.15) is 13.2 Å². The zero-order chi connectivity index (χ0) is 24.9. The number of alkyl halides is 3. The first-order chi connectivity index (χ1) is 16.1. The number of nitrogens with one attached hydrogen (secondary N) is 1. The maximum Gasteiger partial charge on any atom is 0.490 e. The number of aliphatic carboxylic acids is 1. The zero-order valence-electron chi connectivity index (χ0n) is 18.6. The highest BCUT2D eigenvalue weighted by molar-refractivity contribution is 5.95. The van der Waals surface area contributed by atoms with E-state index in [1.165, 1.54) is 11.1 Å². The van der Waals surface area contributed by atoms with Crippen LogP contribution in [0.15, 0.2) is 53.1 Å². The van der Waals surface area contributed by atoms with E-state index in [9.17, 15) is 18.0 Å². The minimum absolute atomic E-state index is 0.184. The van der Waals surface area contributed by atoms with Crippen molar-refractivity contribution in [3.05, 3.63) is 70.9 Å². The van der Waals surface area contributed by atoms with Crippen LogP contribution in [0.5, 0.6) is 0 Å². The van der Waals surface area contributed by atoms with E-state index < -0.39 is 12.1 Å². The Bertz CT molecular complexity index is 1160. The fourth-order valence-electron chi connectivity index (χ4n) is 3.54. The standard InChI is InChI=1S/C22H23N3O2.C2HF3O2/c1-15-19(24-27-22(15)17-6-4-3-5-7-17)14-23-13-16-8-10-20-18(12-16)9-11-21(26)25(20)2;3-2(4,5)1(6)7/h3-8,10,12,23H,9,11,13-14H2,1-2H3;(H,6,7). The molecule has 34 heavy (non-hydrogen) atoms. The van der Waals surface area contributed by atoms with Gasteiger partial charge in [0.25, 0.3) is 0 Å². The number of rotatable bonds is 5. The summed E-state index contributed by atoms with van der Waals surface area (Å²) >= 11 is 0. The summed E-state index contributed by atoms with van der Waals surface area (Å²) in [4.78, 5) is 22.5. The molecule has 180 valence electrons. The number of hydrogen-bond donors (Lipinski definition) is 2. The number of amides is 1. The van der Waals surface area contributed by atoms with Crippen molar-refractivity contribution in [2.75, 3.05) is 11.9 Å². The molecule has 0 fully saturated rings. The van der Waals surface area contributed by atoms with E-state index in [2.05, 4.69) is 22.6 Å². The number of carboxylic acid groups (broad SMARTS) is 1. The number of hydrogen-bond acceptors (Lipinski definition) is 5. The molecule has 0 spiro atoms. The number of nitrogens with zero attached hydrogens (tertiary/aromatic N) is 2. The molecule has 2 N–H and O–H groups in total. The summed E-state index contributed by atoms with van der Waals surface area (Å²) in [6, 6.07) is 16.3. The molecule has 4 rings (SSSR count). The molecule has 0 saturated heterocycles. The highest BCUT2D eigenvalue weighted by Crippen LogP contribution is 2.28. The van der Waals surface area contributed by atoms with Gasteiger partial charge in [0, 0.05) is 43.4 Å². The number of aromatic nitrogens is 1. The third-order valence-corrected chi connectivity index (χ3v) is 5.41. The molecule has 1 aliphatic heterocycles. The van der Waals surface area contributed by atoms with Gasteiger partial charge in [0.05, 0.1) is 0 Å². The number of halogens is 3. The molecular formula is C24H24F3N3O4. The Balaban J connectivity index is 0.000000406. The molecule has 2 aromatic carbocycles. The first-order valence-electron chi connectivity index (χ1n) is 10.5. The number of carbonyl (C=O) groups is 2. The average Bonchev–Trinajstić information content (AvgIpc) is 3.17. The molecule has 1 aromatic heterocycles. The summed E-state index contributed by atoms with van der Waals surface area (Å²) in [7, 11) is 1.84. The van der Waals surface area contributed by atoms with Gasteiger partial charge < -0.3 is 19.8 Å². The molecule has 0 atom stereocenters. The minimum Gasteiger partial charge on any atom is -0.475 e. The Labute approximate surface area is 194 Å². The lowest BCUT2D eigenvalue weighted by Crippen LogP contribution is -2.31. The van der Waals surface area contributed by atoms with E-state index in [1.807, 2.05) is 50.4 Å². The Morgan fingerprint density at radius 2 is 1.82 bits per heavy atom. The van der Waals surface area contributed by atoms with Crippen molar-refractivity contribution in [2.24, 2.45) is 0 Å². The summed E-state index contributed by atoms with van der Waals surface area (Å²) in [5, 5.41) is 14.8. The van der Waals surface area contributed by atoms with E-state index in [0.717, 1.165) is 41.2 Å². The van der Waals surface area contributed by atoms with Crippen molar-refractivity contribution in [2.45, 2.75) is 39.0 Å². The van der Waals surface area contributed by atoms with Gasteiger partial charge in [-0.1, -0.05) is 47.6 Å². The largest absolute Gasteiger partial charge is 0.490 e. The van der Waals surface area contributed by atoms with Crippen molar-refractivity contribution in [3.8, 4) is 11.3 Å². The summed E-state index contributed by atoms with van der Waals surface area (Å²) in [5.74, 6) is -1.74. The van der Waals surface area contributed by atoms with Gasteiger partial charge in [0.15, 0.2) is 5.76 Å². The first-order valence-corrected chi connectivity index (χ1v) is 10.5. The maximum absolute atomic E-state index is 11.8. The highest BCUT2D eigenvalue weighted by Gasteiger charge is 2.38. The minimum atomic E-state index is -5.08. The lowest BCUT2D eigenvalue weighted by molar-refractivity contribution is -0.192. The smallest absolute Gasteiger partial charge is 0.475 e. The van der Waals surface area contributed by atoms with Crippen LogP contribution in [-0.2, 0) is 29.1 Å². The predicted molar refractivity (Wildman–Crippen MR) is 119 cm³/mol. The molecule has 7 nitrogen and oxygen atoms in total. The second kappa shape index (κ2) is 10.5. The number of fused-ring (bicyclic) bond motifs is 1. The fraction of sp³-hybridized carbons (Fsp3) is 0.292. The Hall–Kier alpha value is -3.66. The van der Waals surface area contributed by atoms with Gasteiger partial charge >= 0.3 is 12.1 Å². The summed E-state index contributed by atoms with van der Waals surface area (Å²) < 4.78 is 37.3. The van der Waals surface area contributed by atoms with E-state index in [-0.39, 0.29) is 5.91 Å². The SMILES string of the molecule is Cc1c(CNCc2ccc3c(c2)CCC(=O)N3C)noc1-c1ccccc1.O=C(O)C(F)(F)F. The molecule has 1 amide bonds. The molecule has 2 heterocycles. The van der Waals surface area contributed by atoms with Crippen LogP contribution in [0.1, 0.15) is 28.8 Å². The van der Waals surface area contributed by atoms with E-state index in [1.54, 1.807) is 4.90 Å². The molecule has 3 aromatic rings. The van der Waals surface area contributed by atoms with Crippen molar-refractivity contribution in [3.63, 3.8) is 0 Å². The van der Waals surface area contributed by atoms with Crippen molar-refractivity contribution < 1.29 is 32.4 Å². The Kier molecular flexibility index (Phi) is 7.72. The van der Waals surface area contributed by atoms with Crippen LogP contribution in [0.3, 0.4) is 0 Å². The second-order valence-electron chi connectivity index (χ2n) is 7.77. The van der Waals surface area contributed by atoms with Crippen molar-refractivity contribution >= 4 is 17.6 Å². The van der Waals surface area contributed by atoms with Crippen LogP contribution >= 0.6 is 0 Å². The summed E-state index contributed by atoms with van der Waals surface area (Å²) in [6.45, 7) is 3.44. The van der Waals surface area contributed by atoms with Gasteiger partial charge in [-0.05, 0) is 30.5 Å². The summed E-state index contributed by atoms with van der Waals surface area (Å²) in [6.07, 6.45) is -3.68. The van der Waals surface area contributed by atoms with Crippen LogP contribution in [0.25, 0.3) is 11.3 Å². The molecule has 1 aliphatic rings. The predicted octanol–water partition coefficient (Wildman–Crippen LogP) is 4.48. The highest BCUT2D eigenvalue weighted by atomic mass is 19.4. The Morgan fingerprint density at radius 1 is 1.15 bits per heavy atom. The molecule has 0 aliphatic carbocycles. The van der Waals surface area contributed by atoms with E-state index in [0.29, 0.717) is 13.0 Å². The third-order valence-electron chi connectivity index (χ3n) is 5.41. The number of aryl methyl sites for hydroxylation is 1. The third kappa shape index (κ3) is 6.02. The quantitative estimate of drug-likeness (QED) is 0.565. The van der Waals surface area contributed by atoms with Crippen LogP contribution < -0.4 is 10.2 Å². The monoisotopic (exact) mass is 475 g/mol. The number of anilines is 1. The topological polar surface area (TPSA) is 95.7 Å². The van der Waals surface area contributed by atoms with Crippen molar-refractivity contribution in [1.82, 2.24) is 10.5 Å². The van der Waals surface area contributed by atoms with Crippen molar-refractivity contribution in [1.29, 1.82) is 0 Å². The number of benzene rings is 2. The number of carboxylic acids is 1. The average molecular weight is 475 g/mol. The van der Waals surface area contributed by atoms with Gasteiger partial charge in [0.2, 0.25) is 5.91 Å². The van der Waals surface area contributed by atoms with Gasteiger partial charge in [-0.15, -0.1) is 0 Å². The van der Waals surface area contributed by atoms with Crippen LogP contribution in [0, 0.1) is 6.92 Å². The molecule has 10 heteroatoms. The zero-order valence-corrected chi connectivity index (χ0v) is 18.6. The lowest BCUT2D eigenvalue weighted by atomic mass is 9.99. The van der Waals surface area contributed by atoms with Crippen LogP contribution in [-0.4, -0.2) is 35.4 Å². The molecule has 0 radical (unpaired) electrons.